The van der Waals surface area contributed by atoms with Gasteiger partial charge in [0.05, 0.1) is 12.6 Å². The molecule has 0 bridgehead atoms. The van der Waals surface area contributed by atoms with Gasteiger partial charge in [0.25, 0.3) is 0 Å². The van der Waals surface area contributed by atoms with Crippen molar-refractivity contribution in [2.75, 3.05) is 7.05 Å². The minimum absolute atomic E-state index is 0.0181. The molecular weight excluding hydrogens is 323 g/mol. The topological polar surface area (TPSA) is 67.1 Å². The number of halogens is 2. The van der Waals surface area contributed by atoms with Crippen LogP contribution in [0.1, 0.15) is 24.4 Å². The maximum absolute atomic E-state index is 6.22. The van der Waals surface area contributed by atoms with Crippen LogP contribution in [0.15, 0.2) is 29.5 Å². The molecule has 118 valence electrons. The van der Waals surface area contributed by atoms with E-state index in [4.69, 9.17) is 23.2 Å². The number of hydrogen-bond acceptors (Lipinski definition) is 3. The number of aryl methyl sites for hydroxylation is 1. The average Bonchev–Trinajstić information content (AvgIpc) is 2.88. The van der Waals surface area contributed by atoms with Gasteiger partial charge in [-0.15, -0.1) is 10.2 Å². The summed E-state index contributed by atoms with van der Waals surface area (Å²) in [7, 11) is 3.60. The first kappa shape index (κ1) is 16.6. The fourth-order valence-corrected chi connectivity index (χ4v) is 2.53. The highest BCUT2D eigenvalue weighted by Crippen LogP contribution is 2.25. The van der Waals surface area contributed by atoms with E-state index in [1.807, 2.05) is 30.7 Å². The van der Waals surface area contributed by atoms with Crippen LogP contribution in [0.25, 0.3) is 0 Å². The zero-order valence-electron chi connectivity index (χ0n) is 12.6. The van der Waals surface area contributed by atoms with E-state index in [1.54, 1.807) is 19.4 Å². The van der Waals surface area contributed by atoms with Crippen molar-refractivity contribution >= 4 is 29.2 Å². The highest BCUT2D eigenvalue weighted by Gasteiger charge is 2.12. The van der Waals surface area contributed by atoms with Gasteiger partial charge in [-0.2, -0.15) is 0 Å². The van der Waals surface area contributed by atoms with Crippen LogP contribution in [0.5, 0.6) is 0 Å². The van der Waals surface area contributed by atoms with E-state index < -0.39 is 0 Å². The van der Waals surface area contributed by atoms with E-state index >= 15 is 0 Å². The molecular formula is C14H18Cl2N6. The van der Waals surface area contributed by atoms with Crippen molar-refractivity contribution in [2.45, 2.75) is 19.5 Å². The van der Waals surface area contributed by atoms with Crippen LogP contribution in [-0.4, -0.2) is 27.8 Å². The van der Waals surface area contributed by atoms with Gasteiger partial charge in [-0.1, -0.05) is 29.3 Å². The highest BCUT2D eigenvalue weighted by molar-refractivity contribution is 6.35. The molecule has 1 heterocycles. The van der Waals surface area contributed by atoms with Gasteiger partial charge in [0.1, 0.15) is 6.33 Å². The molecule has 0 fully saturated rings. The molecule has 22 heavy (non-hydrogen) atoms. The van der Waals surface area contributed by atoms with E-state index in [-0.39, 0.29) is 6.04 Å². The van der Waals surface area contributed by atoms with Crippen molar-refractivity contribution in [2.24, 2.45) is 12.0 Å². The summed E-state index contributed by atoms with van der Waals surface area (Å²) in [5, 5.41) is 15.6. The van der Waals surface area contributed by atoms with Crippen molar-refractivity contribution in [3.8, 4) is 0 Å². The molecule has 0 saturated heterocycles. The molecule has 0 saturated carbocycles. The lowest BCUT2D eigenvalue weighted by Gasteiger charge is -2.19. The normalized spacial score (nSPS) is 13.0. The number of aliphatic imine (C=N–C) groups is 1. The summed E-state index contributed by atoms with van der Waals surface area (Å²) in [5.41, 5.74) is 0.952. The van der Waals surface area contributed by atoms with Crippen molar-refractivity contribution < 1.29 is 0 Å². The van der Waals surface area contributed by atoms with Gasteiger partial charge in [0, 0.05) is 24.1 Å². The zero-order chi connectivity index (χ0) is 16.1. The van der Waals surface area contributed by atoms with E-state index in [1.165, 1.54) is 0 Å². The Morgan fingerprint density at radius 1 is 1.41 bits per heavy atom. The van der Waals surface area contributed by atoms with Crippen molar-refractivity contribution in [1.82, 2.24) is 25.4 Å². The minimum Gasteiger partial charge on any atom is -0.350 e. The predicted molar refractivity (Wildman–Crippen MR) is 89.2 cm³/mol. The first-order valence-electron chi connectivity index (χ1n) is 6.76. The van der Waals surface area contributed by atoms with Gasteiger partial charge in [-0.25, -0.2) is 0 Å². The third-order valence-corrected chi connectivity index (χ3v) is 3.79. The molecule has 0 aliphatic heterocycles. The SMILES string of the molecule is CN=C(NCc1nncn1C)NC(C)c1ccc(Cl)cc1Cl. The van der Waals surface area contributed by atoms with Crippen LogP contribution >= 0.6 is 23.2 Å². The molecule has 0 aliphatic carbocycles. The number of hydrogen-bond donors (Lipinski definition) is 2. The fraction of sp³-hybridized carbons (Fsp3) is 0.357. The maximum Gasteiger partial charge on any atom is 0.191 e. The molecule has 6 nitrogen and oxygen atoms in total. The average molecular weight is 341 g/mol. The van der Waals surface area contributed by atoms with Crippen LogP contribution in [0.3, 0.4) is 0 Å². The van der Waals surface area contributed by atoms with Crippen LogP contribution in [0.4, 0.5) is 0 Å². The number of benzene rings is 1. The highest BCUT2D eigenvalue weighted by atomic mass is 35.5. The Morgan fingerprint density at radius 2 is 2.18 bits per heavy atom. The van der Waals surface area contributed by atoms with Gasteiger partial charge in [0.15, 0.2) is 11.8 Å². The van der Waals surface area contributed by atoms with Crippen molar-refractivity contribution in [3.05, 3.63) is 46.0 Å². The Kier molecular flexibility index (Phi) is 5.63. The summed E-state index contributed by atoms with van der Waals surface area (Å²) in [6, 6.07) is 5.43. The van der Waals surface area contributed by atoms with E-state index in [9.17, 15) is 0 Å². The van der Waals surface area contributed by atoms with Crippen molar-refractivity contribution in [3.63, 3.8) is 0 Å². The molecule has 2 rings (SSSR count). The Labute approximate surface area is 139 Å². The van der Waals surface area contributed by atoms with Gasteiger partial charge < -0.3 is 15.2 Å². The number of guanidine groups is 1. The lowest BCUT2D eigenvalue weighted by molar-refractivity contribution is 0.669. The summed E-state index contributed by atoms with van der Waals surface area (Å²) in [4.78, 5) is 4.20. The third kappa shape index (κ3) is 4.11. The fourth-order valence-electron chi connectivity index (χ4n) is 1.96. The summed E-state index contributed by atoms with van der Waals surface area (Å²) in [6.07, 6.45) is 1.66. The molecule has 2 N–H and O–H groups in total. The molecule has 1 aromatic heterocycles. The summed E-state index contributed by atoms with van der Waals surface area (Å²) in [6.45, 7) is 2.53. The molecule has 0 amide bonds. The van der Waals surface area contributed by atoms with Gasteiger partial charge in [-0.3, -0.25) is 4.99 Å². The molecule has 2 aromatic rings. The number of nitrogens with one attached hydrogen (secondary N) is 2. The smallest absolute Gasteiger partial charge is 0.191 e. The Morgan fingerprint density at radius 3 is 2.77 bits per heavy atom. The molecule has 1 atom stereocenters. The second-order valence-corrected chi connectivity index (χ2v) is 5.66. The van der Waals surface area contributed by atoms with Gasteiger partial charge in [-0.05, 0) is 24.6 Å². The molecule has 0 aliphatic rings. The third-order valence-electron chi connectivity index (χ3n) is 3.22. The van der Waals surface area contributed by atoms with Crippen LogP contribution in [-0.2, 0) is 13.6 Å². The van der Waals surface area contributed by atoms with E-state index in [2.05, 4.69) is 25.8 Å². The second kappa shape index (κ2) is 7.47. The van der Waals surface area contributed by atoms with Crippen LogP contribution in [0.2, 0.25) is 10.0 Å². The second-order valence-electron chi connectivity index (χ2n) is 4.82. The summed E-state index contributed by atoms with van der Waals surface area (Å²) >= 11 is 12.1. The molecule has 1 aromatic carbocycles. The molecule has 0 radical (unpaired) electrons. The van der Waals surface area contributed by atoms with Crippen LogP contribution in [0, 0.1) is 0 Å². The predicted octanol–water partition coefficient (Wildman–Crippen LogP) is 2.55. The molecule has 1 unspecified atom stereocenters. The summed E-state index contributed by atoms with van der Waals surface area (Å²) in [5.74, 6) is 1.47. The zero-order valence-corrected chi connectivity index (χ0v) is 14.2. The lowest BCUT2D eigenvalue weighted by Crippen LogP contribution is -2.38. The monoisotopic (exact) mass is 340 g/mol. The largest absolute Gasteiger partial charge is 0.350 e. The van der Waals surface area contributed by atoms with Gasteiger partial charge in [0.2, 0.25) is 0 Å². The molecule has 0 spiro atoms. The Bertz CT molecular complexity index is 667. The van der Waals surface area contributed by atoms with Crippen LogP contribution < -0.4 is 10.6 Å². The first-order chi connectivity index (χ1) is 10.5. The lowest BCUT2D eigenvalue weighted by atomic mass is 10.1. The maximum atomic E-state index is 6.22. The number of aromatic nitrogens is 3. The number of nitrogens with zero attached hydrogens (tertiary/aromatic N) is 4. The standard InChI is InChI=1S/C14H18Cl2N6/c1-9(11-5-4-10(15)6-12(11)16)20-14(17-2)18-7-13-21-19-8-22(13)3/h4-6,8-9H,7H2,1-3H3,(H2,17,18,20). The van der Waals surface area contributed by atoms with E-state index in [0.717, 1.165) is 11.4 Å². The minimum atomic E-state index is -0.0181. The van der Waals surface area contributed by atoms with E-state index in [0.29, 0.717) is 22.5 Å². The molecule has 8 heteroatoms. The summed E-state index contributed by atoms with van der Waals surface area (Å²) < 4.78 is 1.85. The quantitative estimate of drug-likeness (QED) is 0.663. The Balaban J connectivity index is 1.99. The van der Waals surface area contributed by atoms with Crippen molar-refractivity contribution in [1.29, 1.82) is 0 Å². The van der Waals surface area contributed by atoms with Gasteiger partial charge >= 0.3 is 0 Å². The Hall–Kier alpha value is -1.79. The first-order valence-corrected chi connectivity index (χ1v) is 7.52. The number of rotatable bonds is 4.